The summed E-state index contributed by atoms with van der Waals surface area (Å²) in [5, 5.41) is 20.8. The number of benzene rings is 2. The molecule has 2 aromatic carbocycles. The molecule has 0 radical (unpaired) electrons. The van der Waals surface area contributed by atoms with Gasteiger partial charge in [0.2, 0.25) is 0 Å². The van der Waals surface area contributed by atoms with Crippen molar-refractivity contribution in [3.8, 4) is 5.75 Å². The minimum atomic E-state index is -0.508. The van der Waals surface area contributed by atoms with Crippen LogP contribution in [0.15, 0.2) is 48.5 Å². The number of morpholine rings is 1. The van der Waals surface area contributed by atoms with E-state index < -0.39 is 6.10 Å². The van der Waals surface area contributed by atoms with Crippen LogP contribution in [-0.2, 0) is 11.3 Å². The van der Waals surface area contributed by atoms with Crippen LogP contribution in [0.2, 0.25) is 0 Å². The summed E-state index contributed by atoms with van der Waals surface area (Å²) in [6, 6.07) is 15.7. The molecule has 2 atom stereocenters. The highest BCUT2D eigenvalue weighted by Crippen LogP contribution is 2.27. The molecule has 1 aliphatic rings. The normalized spacial score (nSPS) is 20.0. The molecule has 1 aliphatic heterocycles. The zero-order valence-corrected chi connectivity index (χ0v) is 14.1. The Labute approximate surface area is 143 Å². The first-order valence-corrected chi connectivity index (χ1v) is 8.47. The smallest absolute Gasteiger partial charge is 0.122 e. The van der Waals surface area contributed by atoms with E-state index in [0.29, 0.717) is 31.9 Å². The SMILES string of the molecule is Cc1cccc(CN2CCOCC2CC(O)c2ccccc2)c1O. The minimum absolute atomic E-state index is 0.133. The van der Waals surface area contributed by atoms with Crippen molar-refractivity contribution in [1.82, 2.24) is 4.90 Å². The molecule has 2 unspecified atom stereocenters. The van der Waals surface area contributed by atoms with E-state index in [1.54, 1.807) is 0 Å². The third-order valence-electron chi connectivity index (χ3n) is 4.72. The number of ether oxygens (including phenoxy) is 1. The van der Waals surface area contributed by atoms with Gasteiger partial charge in [0.1, 0.15) is 5.75 Å². The number of hydrogen-bond donors (Lipinski definition) is 2. The average molecular weight is 327 g/mol. The molecule has 0 spiro atoms. The fraction of sp³-hybridized carbons (Fsp3) is 0.400. The molecule has 1 fully saturated rings. The molecular weight excluding hydrogens is 302 g/mol. The molecule has 0 bridgehead atoms. The van der Waals surface area contributed by atoms with Gasteiger partial charge in [0.15, 0.2) is 0 Å². The third kappa shape index (κ3) is 3.96. The van der Waals surface area contributed by atoms with E-state index in [0.717, 1.165) is 23.2 Å². The maximum atomic E-state index is 10.5. The van der Waals surface area contributed by atoms with Gasteiger partial charge in [-0.05, 0) is 24.5 Å². The summed E-state index contributed by atoms with van der Waals surface area (Å²) in [7, 11) is 0. The second-order valence-corrected chi connectivity index (χ2v) is 6.44. The standard InChI is InChI=1S/C20H25NO3/c1-15-6-5-9-17(20(15)23)13-21-10-11-24-14-18(21)12-19(22)16-7-3-2-4-8-16/h2-9,18-19,22-23H,10-14H2,1H3. The van der Waals surface area contributed by atoms with E-state index >= 15 is 0 Å². The lowest BCUT2D eigenvalue weighted by atomic mass is 10.00. The molecule has 128 valence electrons. The van der Waals surface area contributed by atoms with Crippen LogP contribution in [0.4, 0.5) is 0 Å². The van der Waals surface area contributed by atoms with Crippen LogP contribution in [0.25, 0.3) is 0 Å². The highest BCUT2D eigenvalue weighted by atomic mass is 16.5. The summed E-state index contributed by atoms with van der Waals surface area (Å²) < 4.78 is 5.63. The van der Waals surface area contributed by atoms with E-state index in [1.165, 1.54) is 0 Å². The molecule has 3 rings (SSSR count). The van der Waals surface area contributed by atoms with Gasteiger partial charge in [-0.1, -0.05) is 48.5 Å². The summed E-state index contributed by atoms with van der Waals surface area (Å²) >= 11 is 0. The van der Waals surface area contributed by atoms with Gasteiger partial charge in [0.05, 0.1) is 19.3 Å². The van der Waals surface area contributed by atoms with Gasteiger partial charge in [-0.3, -0.25) is 4.90 Å². The first kappa shape index (κ1) is 17.0. The maximum Gasteiger partial charge on any atom is 0.122 e. The largest absolute Gasteiger partial charge is 0.507 e. The molecule has 24 heavy (non-hydrogen) atoms. The van der Waals surface area contributed by atoms with E-state index in [1.807, 2.05) is 55.5 Å². The Hall–Kier alpha value is -1.88. The predicted molar refractivity (Wildman–Crippen MR) is 93.9 cm³/mol. The lowest BCUT2D eigenvalue weighted by molar-refractivity contribution is -0.0302. The van der Waals surface area contributed by atoms with Gasteiger partial charge in [0, 0.05) is 24.7 Å². The topological polar surface area (TPSA) is 52.9 Å². The number of aliphatic hydroxyl groups is 1. The summed E-state index contributed by atoms with van der Waals surface area (Å²) in [5.41, 5.74) is 2.75. The van der Waals surface area contributed by atoms with Gasteiger partial charge in [-0.2, -0.15) is 0 Å². The Bertz CT molecular complexity index is 659. The quantitative estimate of drug-likeness (QED) is 0.886. The minimum Gasteiger partial charge on any atom is -0.507 e. The second-order valence-electron chi connectivity index (χ2n) is 6.44. The monoisotopic (exact) mass is 327 g/mol. The number of rotatable bonds is 5. The van der Waals surface area contributed by atoms with Crippen LogP contribution >= 0.6 is 0 Å². The van der Waals surface area contributed by atoms with Crippen LogP contribution in [0, 0.1) is 6.92 Å². The van der Waals surface area contributed by atoms with E-state index in [4.69, 9.17) is 4.74 Å². The Kier molecular flexibility index (Phi) is 5.51. The lowest BCUT2D eigenvalue weighted by Crippen LogP contribution is -2.45. The Balaban J connectivity index is 1.70. The van der Waals surface area contributed by atoms with Crippen molar-refractivity contribution in [1.29, 1.82) is 0 Å². The summed E-state index contributed by atoms with van der Waals surface area (Å²) in [5.74, 6) is 0.367. The zero-order chi connectivity index (χ0) is 16.9. The van der Waals surface area contributed by atoms with Crippen LogP contribution < -0.4 is 0 Å². The third-order valence-corrected chi connectivity index (χ3v) is 4.72. The van der Waals surface area contributed by atoms with Gasteiger partial charge in [-0.15, -0.1) is 0 Å². The van der Waals surface area contributed by atoms with Crippen molar-refractivity contribution in [3.05, 3.63) is 65.2 Å². The van der Waals surface area contributed by atoms with Crippen molar-refractivity contribution < 1.29 is 14.9 Å². The molecule has 2 N–H and O–H groups in total. The van der Waals surface area contributed by atoms with E-state index in [9.17, 15) is 10.2 Å². The maximum absolute atomic E-state index is 10.5. The summed E-state index contributed by atoms with van der Waals surface area (Å²) in [4.78, 5) is 2.30. The molecule has 1 heterocycles. The molecule has 4 nitrogen and oxygen atoms in total. The number of para-hydroxylation sites is 1. The van der Waals surface area contributed by atoms with Gasteiger partial charge in [0.25, 0.3) is 0 Å². The molecule has 4 heteroatoms. The number of nitrogens with zero attached hydrogens (tertiary/aromatic N) is 1. The Morgan fingerprint density at radius 1 is 1.17 bits per heavy atom. The molecular formula is C20H25NO3. The average Bonchev–Trinajstić information content (AvgIpc) is 2.61. The first-order valence-electron chi connectivity index (χ1n) is 8.47. The van der Waals surface area contributed by atoms with E-state index in [2.05, 4.69) is 4.90 Å². The van der Waals surface area contributed by atoms with Gasteiger partial charge < -0.3 is 14.9 Å². The molecule has 0 saturated carbocycles. The van der Waals surface area contributed by atoms with Crippen molar-refractivity contribution in [2.75, 3.05) is 19.8 Å². The highest BCUT2D eigenvalue weighted by molar-refractivity contribution is 5.39. The number of aromatic hydroxyl groups is 1. The van der Waals surface area contributed by atoms with Crippen LogP contribution in [0.5, 0.6) is 5.75 Å². The van der Waals surface area contributed by atoms with E-state index in [-0.39, 0.29) is 6.04 Å². The molecule has 0 aliphatic carbocycles. The summed E-state index contributed by atoms with van der Waals surface area (Å²) in [6.07, 6.45) is 0.114. The van der Waals surface area contributed by atoms with Crippen LogP contribution in [-0.4, -0.2) is 40.9 Å². The van der Waals surface area contributed by atoms with Gasteiger partial charge >= 0.3 is 0 Å². The van der Waals surface area contributed by atoms with Crippen LogP contribution in [0.1, 0.15) is 29.2 Å². The first-order chi connectivity index (χ1) is 11.6. The number of phenols is 1. The number of phenolic OH excluding ortho intramolecular Hbond substituents is 1. The van der Waals surface area contributed by atoms with Crippen molar-refractivity contribution in [2.45, 2.75) is 32.0 Å². The fourth-order valence-electron chi connectivity index (χ4n) is 3.25. The molecule has 0 aromatic heterocycles. The zero-order valence-electron chi connectivity index (χ0n) is 14.1. The van der Waals surface area contributed by atoms with Gasteiger partial charge in [-0.25, -0.2) is 0 Å². The van der Waals surface area contributed by atoms with Crippen molar-refractivity contribution >= 4 is 0 Å². The molecule has 1 saturated heterocycles. The van der Waals surface area contributed by atoms with Crippen molar-refractivity contribution in [2.24, 2.45) is 0 Å². The Morgan fingerprint density at radius 2 is 1.96 bits per heavy atom. The Morgan fingerprint density at radius 3 is 2.75 bits per heavy atom. The van der Waals surface area contributed by atoms with Crippen molar-refractivity contribution in [3.63, 3.8) is 0 Å². The molecule has 2 aromatic rings. The highest BCUT2D eigenvalue weighted by Gasteiger charge is 2.26. The number of aliphatic hydroxyl groups excluding tert-OH is 1. The van der Waals surface area contributed by atoms with Crippen LogP contribution in [0.3, 0.4) is 0 Å². The lowest BCUT2D eigenvalue weighted by Gasteiger charge is -2.37. The fourth-order valence-corrected chi connectivity index (χ4v) is 3.25. The predicted octanol–water partition coefficient (Wildman–Crippen LogP) is 3.03. The molecule has 0 amide bonds. The summed E-state index contributed by atoms with van der Waals surface area (Å²) in [6.45, 7) is 4.68. The second kappa shape index (κ2) is 7.79. The number of hydrogen-bond acceptors (Lipinski definition) is 4. The number of aryl methyl sites for hydroxylation is 1.